The van der Waals surface area contributed by atoms with Gasteiger partial charge in [0.25, 0.3) is 5.56 Å². The van der Waals surface area contributed by atoms with Gasteiger partial charge in [-0.1, -0.05) is 66.2 Å². The Hall–Kier alpha value is -3.90. The summed E-state index contributed by atoms with van der Waals surface area (Å²) >= 11 is 5.92. The van der Waals surface area contributed by atoms with E-state index in [0.29, 0.717) is 23.1 Å². The molecule has 2 N–H and O–H groups in total. The average Bonchev–Trinajstić information content (AvgIpc) is 2.80. The van der Waals surface area contributed by atoms with Crippen molar-refractivity contribution < 1.29 is 4.74 Å². The van der Waals surface area contributed by atoms with E-state index in [1.807, 2.05) is 78.9 Å². The van der Waals surface area contributed by atoms with Crippen LogP contribution in [-0.2, 0) is 6.61 Å². The normalized spacial score (nSPS) is 10.9. The first-order valence-corrected chi connectivity index (χ1v) is 9.97. The van der Waals surface area contributed by atoms with Gasteiger partial charge in [-0.2, -0.15) is 5.10 Å². The number of halogens is 1. The lowest BCUT2D eigenvalue weighted by Gasteiger charge is -2.09. The van der Waals surface area contributed by atoms with Crippen molar-refractivity contribution in [3.05, 3.63) is 111 Å². The number of aromatic nitrogens is 2. The number of hydrogen-bond donors (Lipinski definition) is 2. The number of nitrogens with one attached hydrogen (secondary N) is 2. The molecule has 31 heavy (non-hydrogen) atoms. The number of benzene rings is 3. The summed E-state index contributed by atoms with van der Waals surface area (Å²) in [7, 11) is 0. The Morgan fingerprint density at radius 2 is 1.74 bits per heavy atom. The first-order chi connectivity index (χ1) is 15.2. The minimum Gasteiger partial charge on any atom is -0.488 e. The molecule has 6 nitrogen and oxygen atoms in total. The molecule has 0 spiro atoms. The molecule has 0 atom stereocenters. The lowest BCUT2D eigenvalue weighted by atomic mass is 10.1. The van der Waals surface area contributed by atoms with Crippen LogP contribution >= 0.6 is 11.6 Å². The lowest BCUT2D eigenvalue weighted by molar-refractivity contribution is 0.306. The third-order valence-corrected chi connectivity index (χ3v) is 4.66. The number of H-pyrrole nitrogens is 1. The number of hydrogen-bond acceptors (Lipinski definition) is 5. The zero-order valence-electron chi connectivity index (χ0n) is 16.5. The van der Waals surface area contributed by atoms with Crippen LogP contribution in [0.1, 0.15) is 11.1 Å². The quantitative estimate of drug-likeness (QED) is 0.315. The molecule has 3 aromatic carbocycles. The summed E-state index contributed by atoms with van der Waals surface area (Å²) in [6, 6.07) is 26.0. The molecule has 0 radical (unpaired) electrons. The molecule has 1 heterocycles. The van der Waals surface area contributed by atoms with Crippen molar-refractivity contribution in [1.29, 1.82) is 0 Å². The first-order valence-electron chi connectivity index (χ1n) is 9.59. The van der Waals surface area contributed by atoms with Crippen LogP contribution in [0.3, 0.4) is 0 Å². The molecule has 0 saturated heterocycles. The molecule has 0 unspecified atom stereocenters. The number of hydrazone groups is 1. The Morgan fingerprint density at radius 3 is 2.55 bits per heavy atom. The van der Waals surface area contributed by atoms with Gasteiger partial charge in [-0.3, -0.25) is 9.78 Å². The Bertz CT molecular complexity index is 1240. The van der Waals surface area contributed by atoms with Gasteiger partial charge in [0.15, 0.2) is 0 Å². The molecular weight excluding hydrogens is 412 g/mol. The van der Waals surface area contributed by atoms with Gasteiger partial charge in [-0.15, -0.1) is 0 Å². The van der Waals surface area contributed by atoms with Crippen molar-refractivity contribution in [2.75, 3.05) is 5.43 Å². The number of rotatable bonds is 7. The topological polar surface area (TPSA) is 79.4 Å². The number of para-hydroxylation sites is 1. The number of aromatic amines is 1. The maximum atomic E-state index is 12.0. The van der Waals surface area contributed by atoms with Crippen LogP contribution < -0.4 is 15.7 Å². The molecule has 154 valence electrons. The predicted molar refractivity (Wildman–Crippen MR) is 124 cm³/mol. The van der Waals surface area contributed by atoms with Gasteiger partial charge in [-0.05, 0) is 29.8 Å². The molecule has 0 amide bonds. The van der Waals surface area contributed by atoms with E-state index in [4.69, 9.17) is 16.3 Å². The molecule has 0 aliphatic rings. The summed E-state index contributed by atoms with van der Waals surface area (Å²) in [5.74, 6) is 0.935. The van der Waals surface area contributed by atoms with Crippen LogP contribution in [0.15, 0.2) is 94.8 Å². The fraction of sp³-hybridized carbons (Fsp3) is 0.0417. The van der Waals surface area contributed by atoms with Crippen molar-refractivity contribution in [2.45, 2.75) is 6.61 Å². The highest BCUT2D eigenvalue weighted by Crippen LogP contribution is 2.19. The predicted octanol–water partition coefficient (Wildman–Crippen LogP) is 5.12. The van der Waals surface area contributed by atoms with Crippen LogP contribution in [0, 0.1) is 0 Å². The number of anilines is 1. The second-order valence-electron chi connectivity index (χ2n) is 6.67. The molecule has 1 aromatic heterocycles. The fourth-order valence-electron chi connectivity index (χ4n) is 2.89. The minimum absolute atomic E-state index is 0.252. The maximum Gasteiger partial charge on any atom is 0.252 e. The van der Waals surface area contributed by atoms with E-state index in [1.54, 1.807) is 6.21 Å². The fourth-order valence-corrected chi connectivity index (χ4v) is 3.02. The summed E-state index contributed by atoms with van der Waals surface area (Å²) in [6.45, 7) is 0.406. The third kappa shape index (κ3) is 5.58. The Kier molecular flexibility index (Phi) is 6.40. The molecule has 0 saturated carbocycles. The van der Waals surface area contributed by atoms with E-state index in [0.717, 1.165) is 16.7 Å². The summed E-state index contributed by atoms with van der Waals surface area (Å²) < 4.78 is 5.93. The van der Waals surface area contributed by atoms with E-state index in [-0.39, 0.29) is 11.5 Å². The van der Waals surface area contributed by atoms with Gasteiger partial charge in [0.2, 0.25) is 5.95 Å². The van der Waals surface area contributed by atoms with E-state index < -0.39 is 0 Å². The zero-order valence-corrected chi connectivity index (χ0v) is 17.2. The molecular formula is C24H19ClN4O2. The van der Waals surface area contributed by atoms with Gasteiger partial charge in [0.05, 0.1) is 11.9 Å². The van der Waals surface area contributed by atoms with Crippen LogP contribution in [0.4, 0.5) is 5.95 Å². The first kappa shape index (κ1) is 20.4. The SMILES string of the molecule is O=c1cc(-c2ccccc2)nc(N/N=C/c2ccccc2OCc2ccc(Cl)cc2)[nH]1. The third-order valence-electron chi connectivity index (χ3n) is 4.41. The van der Waals surface area contributed by atoms with E-state index >= 15 is 0 Å². The summed E-state index contributed by atoms with van der Waals surface area (Å²) in [5, 5.41) is 4.90. The highest BCUT2D eigenvalue weighted by atomic mass is 35.5. The molecule has 7 heteroatoms. The zero-order chi connectivity index (χ0) is 21.5. The number of ether oxygens (including phenoxy) is 1. The van der Waals surface area contributed by atoms with Gasteiger partial charge >= 0.3 is 0 Å². The Balaban J connectivity index is 1.46. The summed E-state index contributed by atoms with van der Waals surface area (Å²) in [6.07, 6.45) is 1.62. The number of nitrogens with zero attached hydrogens (tertiary/aromatic N) is 2. The van der Waals surface area contributed by atoms with Crippen molar-refractivity contribution in [1.82, 2.24) is 9.97 Å². The van der Waals surface area contributed by atoms with Crippen molar-refractivity contribution >= 4 is 23.8 Å². The highest BCUT2D eigenvalue weighted by Gasteiger charge is 2.04. The molecule has 0 aliphatic carbocycles. The molecule has 4 rings (SSSR count). The smallest absolute Gasteiger partial charge is 0.252 e. The summed E-state index contributed by atoms with van der Waals surface area (Å²) in [5.41, 5.74) is 5.72. The largest absolute Gasteiger partial charge is 0.488 e. The average molecular weight is 431 g/mol. The Morgan fingerprint density at radius 1 is 1.00 bits per heavy atom. The van der Waals surface area contributed by atoms with Crippen LogP contribution in [0.25, 0.3) is 11.3 Å². The molecule has 0 bridgehead atoms. The van der Waals surface area contributed by atoms with Crippen molar-refractivity contribution in [2.24, 2.45) is 5.10 Å². The van der Waals surface area contributed by atoms with E-state index in [9.17, 15) is 4.79 Å². The van der Waals surface area contributed by atoms with Gasteiger partial charge in [0.1, 0.15) is 12.4 Å². The second kappa shape index (κ2) is 9.73. The Labute approximate surface area is 184 Å². The second-order valence-corrected chi connectivity index (χ2v) is 7.10. The van der Waals surface area contributed by atoms with E-state index in [2.05, 4.69) is 20.5 Å². The van der Waals surface area contributed by atoms with Gasteiger partial charge < -0.3 is 4.74 Å². The van der Waals surface area contributed by atoms with Crippen molar-refractivity contribution in [3.63, 3.8) is 0 Å². The molecule has 4 aromatic rings. The minimum atomic E-state index is -0.266. The monoisotopic (exact) mass is 430 g/mol. The highest BCUT2D eigenvalue weighted by molar-refractivity contribution is 6.30. The lowest BCUT2D eigenvalue weighted by Crippen LogP contribution is -2.10. The van der Waals surface area contributed by atoms with Crippen LogP contribution in [-0.4, -0.2) is 16.2 Å². The molecule has 0 aliphatic heterocycles. The van der Waals surface area contributed by atoms with Crippen LogP contribution in [0.2, 0.25) is 5.02 Å². The van der Waals surface area contributed by atoms with Crippen molar-refractivity contribution in [3.8, 4) is 17.0 Å². The maximum absolute atomic E-state index is 12.0. The van der Waals surface area contributed by atoms with Gasteiger partial charge in [-0.25, -0.2) is 10.4 Å². The molecule has 0 fully saturated rings. The summed E-state index contributed by atoms with van der Waals surface area (Å²) in [4.78, 5) is 19.1. The standard InChI is InChI=1S/C24H19ClN4O2/c25-20-12-10-17(11-13-20)16-31-22-9-5-4-8-19(22)15-26-29-24-27-21(14-23(30)28-24)18-6-2-1-3-7-18/h1-15H,16H2,(H2,27,28,29,30)/b26-15+. The van der Waals surface area contributed by atoms with E-state index in [1.165, 1.54) is 6.07 Å². The van der Waals surface area contributed by atoms with Crippen LogP contribution in [0.5, 0.6) is 5.75 Å². The van der Waals surface area contributed by atoms with Gasteiger partial charge in [0, 0.05) is 22.2 Å².